The van der Waals surface area contributed by atoms with E-state index in [-0.39, 0.29) is 12.2 Å². The van der Waals surface area contributed by atoms with Gasteiger partial charge in [0.2, 0.25) is 0 Å². The number of nitrogen functional groups attached to an aromatic ring is 1. The lowest BCUT2D eigenvalue weighted by Gasteiger charge is -2.02. The van der Waals surface area contributed by atoms with Crippen LogP contribution in [0, 0.1) is 11.3 Å². The summed E-state index contributed by atoms with van der Waals surface area (Å²) in [5, 5.41) is 21.4. The first kappa shape index (κ1) is 20.2. The second kappa shape index (κ2) is 8.40. The Morgan fingerprint density at radius 1 is 1.06 bits per heavy atom. The number of aromatic amines is 1. The maximum atomic E-state index is 13.0. The minimum Gasteiger partial charge on any atom is -0.384 e. The fourth-order valence-corrected chi connectivity index (χ4v) is 3.77. The van der Waals surface area contributed by atoms with Crippen LogP contribution in [0.15, 0.2) is 73.2 Å². The minimum atomic E-state index is -0.0887. The molecule has 0 aliphatic carbocycles. The molecule has 0 atom stereocenters. The molecule has 0 unspecified atom stereocenters. The van der Waals surface area contributed by atoms with Gasteiger partial charge in [0.05, 0.1) is 29.9 Å². The second-order valence-corrected chi connectivity index (χ2v) is 7.76. The van der Waals surface area contributed by atoms with Gasteiger partial charge in [-0.25, -0.2) is 4.98 Å². The zero-order chi connectivity index (χ0) is 22.8. The van der Waals surface area contributed by atoms with Gasteiger partial charge in [-0.1, -0.05) is 18.2 Å². The van der Waals surface area contributed by atoms with E-state index < -0.39 is 0 Å². The number of benzene rings is 2. The van der Waals surface area contributed by atoms with E-state index in [0.29, 0.717) is 23.6 Å². The highest BCUT2D eigenvalue weighted by molar-refractivity contribution is 6.07. The fraction of sp³-hybridized carbons (Fsp3) is 0.0800. The number of anilines is 1. The Morgan fingerprint density at radius 2 is 1.94 bits per heavy atom. The number of rotatable bonds is 6. The van der Waals surface area contributed by atoms with Gasteiger partial charge in [-0.3, -0.25) is 14.6 Å². The molecule has 3 N–H and O–H groups in total. The summed E-state index contributed by atoms with van der Waals surface area (Å²) in [7, 11) is 0. The molecule has 0 spiro atoms. The summed E-state index contributed by atoms with van der Waals surface area (Å²) in [5.41, 5.74) is 11.1. The number of aromatic nitrogens is 5. The number of nitrogens with one attached hydrogen (secondary N) is 1. The van der Waals surface area contributed by atoms with Crippen molar-refractivity contribution >= 4 is 22.5 Å². The third-order valence-electron chi connectivity index (χ3n) is 5.40. The van der Waals surface area contributed by atoms with Crippen LogP contribution in [0.5, 0.6) is 0 Å². The smallest absolute Gasteiger partial charge is 0.188 e. The van der Waals surface area contributed by atoms with Gasteiger partial charge < -0.3 is 5.73 Å². The predicted molar refractivity (Wildman–Crippen MR) is 124 cm³/mol. The summed E-state index contributed by atoms with van der Waals surface area (Å²) in [6.07, 6.45) is 5.44. The van der Waals surface area contributed by atoms with Crippen LogP contribution in [0.2, 0.25) is 0 Å². The molecule has 33 heavy (non-hydrogen) atoms. The normalized spacial score (nSPS) is 10.9. The van der Waals surface area contributed by atoms with E-state index in [9.17, 15) is 4.79 Å². The molecule has 3 aromatic heterocycles. The van der Waals surface area contributed by atoms with Crippen LogP contribution in [-0.2, 0) is 13.0 Å². The third kappa shape index (κ3) is 4.20. The molecule has 2 aromatic carbocycles. The Balaban J connectivity index is 1.32. The molecule has 8 heteroatoms. The Kier molecular flexibility index (Phi) is 5.13. The number of fused-ring (bicyclic) bond motifs is 1. The van der Waals surface area contributed by atoms with E-state index >= 15 is 0 Å². The molecule has 8 nitrogen and oxygen atoms in total. The maximum absolute atomic E-state index is 13.0. The lowest BCUT2D eigenvalue weighted by molar-refractivity contribution is 0.0989. The van der Waals surface area contributed by atoms with Gasteiger partial charge in [-0.2, -0.15) is 15.5 Å². The molecule has 0 saturated carbocycles. The van der Waals surface area contributed by atoms with Crippen molar-refractivity contribution in [1.82, 2.24) is 25.0 Å². The first-order valence-electron chi connectivity index (χ1n) is 10.3. The van der Waals surface area contributed by atoms with Crippen molar-refractivity contribution in [2.24, 2.45) is 0 Å². The Bertz CT molecular complexity index is 1510. The molecule has 0 aliphatic rings. The van der Waals surface area contributed by atoms with Crippen molar-refractivity contribution in [3.8, 4) is 17.2 Å². The monoisotopic (exact) mass is 433 g/mol. The topological polar surface area (TPSA) is 126 Å². The van der Waals surface area contributed by atoms with Crippen molar-refractivity contribution in [2.75, 3.05) is 5.73 Å². The lowest BCUT2D eigenvalue weighted by Crippen LogP contribution is -2.04. The number of nitrogens with zero attached hydrogens (tertiary/aromatic N) is 5. The number of nitriles is 1. The number of carbonyl (C=O) groups is 1. The number of H-pyrrole nitrogens is 1. The zero-order valence-electron chi connectivity index (χ0n) is 17.6. The second-order valence-electron chi connectivity index (χ2n) is 7.76. The molecule has 0 amide bonds. The molecular formula is C25H19N7O. The quantitative estimate of drug-likeness (QED) is 0.393. The predicted octanol–water partition coefficient (Wildman–Crippen LogP) is 3.75. The van der Waals surface area contributed by atoms with Gasteiger partial charge in [-0.15, -0.1) is 0 Å². The van der Waals surface area contributed by atoms with Gasteiger partial charge in [0, 0.05) is 29.8 Å². The Hall–Kier alpha value is -4.77. The number of nitrogens with two attached hydrogens (primary N) is 1. The summed E-state index contributed by atoms with van der Waals surface area (Å²) < 4.78 is 1.76. The molecule has 0 fully saturated rings. The number of carbonyl (C=O) groups excluding carboxylic acids is 1. The zero-order valence-corrected chi connectivity index (χ0v) is 17.6. The number of pyridine rings is 1. The minimum absolute atomic E-state index is 0.0887. The summed E-state index contributed by atoms with van der Waals surface area (Å²) in [5.74, 6) is 0.377. The van der Waals surface area contributed by atoms with Crippen molar-refractivity contribution in [3.63, 3.8) is 0 Å². The van der Waals surface area contributed by atoms with E-state index in [1.54, 1.807) is 29.2 Å². The van der Waals surface area contributed by atoms with Gasteiger partial charge in [0.25, 0.3) is 0 Å². The number of hydrogen-bond donors (Lipinski definition) is 2. The van der Waals surface area contributed by atoms with Gasteiger partial charge >= 0.3 is 0 Å². The van der Waals surface area contributed by atoms with E-state index in [1.165, 1.54) is 0 Å². The summed E-state index contributed by atoms with van der Waals surface area (Å²) in [6.45, 7) is 0.526. The van der Waals surface area contributed by atoms with Crippen LogP contribution in [0.4, 0.5) is 5.82 Å². The number of hydrogen-bond acceptors (Lipinski definition) is 6. The summed E-state index contributed by atoms with van der Waals surface area (Å²) in [4.78, 5) is 17.1. The fourth-order valence-electron chi connectivity index (χ4n) is 3.77. The van der Waals surface area contributed by atoms with Crippen LogP contribution in [-0.4, -0.2) is 30.7 Å². The van der Waals surface area contributed by atoms with Crippen molar-refractivity contribution in [3.05, 3.63) is 95.6 Å². The molecule has 0 saturated heterocycles. The average molecular weight is 433 g/mol. The average Bonchev–Trinajstić information content (AvgIpc) is 3.46. The standard InChI is InChI=1S/C25H19N7O/c26-11-16-2-1-3-17(8-16)14-32-15-18(12-29-32)9-23(33)25-21-6-4-19(10-22(21)30-31-25)20-5-7-24(27)28-13-20/h1-8,10,12-13,15H,9,14H2,(H2,27,28)(H,30,31). The molecule has 5 aromatic rings. The van der Waals surface area contributed by atoms with Gasteiger partial charge in [0.1, 0.15) is 11.5 Å². The number of Topliss-reactive ketones (excluding diaryl/α,β-unsaturated/α-hetero) is 1. The van der Waals surface area contributed by atoms with Crippen LogP contribution in [0.3, 0.4) is 0 Å². The molecule has 3 heterocycles. The highest BCUT2D eigenvalue weighted by Gasteiger charge is 2.16. The third-order valence-corrected chi connectivity index (χ3v) is 5.40. The highest BCUT2D eigenvalue weighted by Crippen LogP contribution is 2.25. The molecule has 0 radical (unpaired) electrons. The van der Waals surface area contributed by atoms with Gasteiger partial charge in [-0.05, 0) is 53.1 Å². The van der Waals surface area contributed by atoms with Gasteiger partial charge in [0.15, 0.2) is 5.78 Å². The van der Waals surface area contributed by atoms with Crippen molar-refractivity contribution < 1.29 is 4.79 Å². The van der Waals surface area contributed by atoms with E-state index in [4.69, 9.17) is 11.0 Å². The van der Waals surface area contributed by atoms with Crippen LogP contribution in [0.1, 0.15) is 27.2 Å². The van der Waals surface area contributed by atoms with Crippen LogP contribution >= 0.6 is 0 Å². The lowest BCUT2D eigenvalue weighted by atomic mass is 10.0. The van der Waals surface area contributed by atoms with E-state index in [0.717, 1.165) is 33.2 Å². The first-order chi connectivity index (χ1) is 16.1. The molecule has 0 aliphatic heterocycles. The maximum Gasteiger partial charge on any atom is 0.188 e. The summed E-state index contributed by atoms with van der Waals surface area (Å²) in [6, 6.07) is 19.0. The first-order valence-corrected chi connectivity index (χ1v) is 10.3. The molecule has 5 rings (SSSR count). The van der Waals surface area contributed by atoms with E-state index in [2.05, 4.69) is 26.3 Å². The largest absolute Gasteiger partial charge is 0.384 e. The van der Waals surface area contributed by atoms with Crippen molar-refractivity contribution in [1.29, 1.82) is 5.26 Å². The number of ketones is 1. The van der Waals surface area contributed by atoms with Crippen LogP contribution in [0.25, 0.3) is 22.0 Å². The summed E-state index contributed by atoms with van der Waals surface area (Å²) >= 11 is 0. The Morgan fingerprint density at radius 3 is 2.76 bits per heavy atom. The SMILES string of the molecule is N#Cc1cccc(Cn2cc(CC(=O)c3n[nH]c4cc(-c5ccc(N)nc5)ccc34)cn2)c1. The molecular weight excluding hydrogens is 414 g/mol. The molecule has 0 bridgehead atoms. The molecule has 160 valence electrons. The highest BCUT2D eigenvalue weighted by atomic mass is 16.1. The van der Waals surface area contributed by atoms with Crippen molar-refractivity contribution in [2.45, 2.75) is 13.0 Å². The Labute approximate surface area is 189 Å². The van der Waals surface area contributed by atoms with Crippen LogP contribution < -0.4 is 5.73 Å². The van der Waals surface area contributed by atoms with E-state index in [1.807, 2.05) is 48.7 Å².